The van der Waals surface area contributed by atoms with Crippen LogP contribution in [-0.4, -0.2) is 395 Å². The molecule has 0 aromatic heterocycles. The summed E-state index contributed by atoms with van der Waals surface area (Å²) in [6.45, 7) is -5.03. The predicted octanol–water partition coefficient (Wildman–Crippen LogP) is -15.4. The molecule has 7 heterocycles. The molecule has 7 fully saturated rings. The molecular weight excluding hydrogens is 1130 g/mol. The summed E-state index contributed by atoms with van der Waals surface area (Å²) in [6.07, 6.45) is -56.4. The second-order valence-electron chi connectivity index (χ2n) is 20.1. The molecule has 82 heavy (non-hydrogen) atoms. The quantitative estimate of drug-likeness (QED) is 0.0538. The number of hydrogen-bond acceptors (Lipinski definition) is 37. The molecule has 482 valence electrons. The smallest absolute Gasteiger partial charge is 0.187 e. The maximum atomic E-state index is 11.3. The van der Waals surface area contributed by atoms with E-state index in [2.05, 4.69) is 0 Å². The average Bonchev–Trinajstić information content (AvgIpc) is 3.64. The molecular formula is C45H80O37. The van der Waals surface area contributed by atoms with E-state index in [1.807, 2.05) is 0 Å². The summed E-state index contributed by atoms with van der Waals surface area (Å²) in [4.78, 5) is 0. The fourth-order valence-corrected chi connectivity index (χ4v) is 10.2. The molecule has 0 spiro atoms. The third-order valence-electron chi connectivity index (χ3n) is 15.0. The average molecular weight is 1210 g/mol. The summed E-state index contributed by atoms with van der Waals surface area (Å²) in [7, 11) is 3.65. The molecule has 7 aliphatic rings. The number of hydrogen-bond donors (Lipinski definition) is 22. The first kappa shape index (κ1) is 69.6. The lowest BCUT2D eigenvalue weighted by atomic mass is 9.96. The summed E-state index contributed by atoms with van der Waals surface area (Å²) in [5.74, 6) is 0. The van der Waals surface area contributed by atoms with E-state index in [4.69, 9.17) is 71.1 Å². The molecule has 0 radical (unpaired) electrons. The van der Waals surface area contributed by atoms with Gasteiger partial charge in [0.1, 0.15) is 171 Å². The van der Waals surface area contributed by atoms with Crippen molar-refractivity contribution in [3.63, 3.8) is 0 Å². The Labute approximate surface area is 465 Å². The molecule has 0 bridgehead atoms. The van der Waals surface area contributed by atoms with Gasteiger partial charge in [0.2, 0.25) is 0 Å². The zero-order valence-electron chi connectivity index (χ0n) is 44.1. The van der Waals surface area contributed by atoms with Gasteiger partial charge in [-0.15, -0.1) is 0 Å². The van der Waals surface area contributed by atoms with Gasteiger partial charge in [-0.2, -0.15) is 0 Å². The first-order valence-electron chi connectivity index (χ1n) is 25.9. The van der Waals surface area contributed by atoms with Gasteiger partial charge >= 0.3 is 0 Å². The summed E-state index contributed by atoms with van der Waals surface area (Å²) in [5.41, 5.74) is 0. The Kier molecular flexibility index (Phi) is 26.4. The van der Waals surface area contributed by atoms with Crippen LogP contribution in [0, 0.1) is 0 Å². The molecule has 22 N–H and O–H groups in total. The lowest BCUT2D eigenvalue weighted by molar-refractivity contribution is -0.384. The van der Waals surface area contributed by atoms with E-state index in [9.17, 15) is 112 Å². The van der Waals surface area contributed by atoms with Crippen LogP contribution in [0.4, 0.5) is 0 Å². The Balaban J connectivity index is 0.000000280. The van der Waals surface area contributed by atoms with Crippen LogP contribution in [0.1, 0.15) is 0 Å². The van der Waals surface area contributed by atoms with Gasteiger partial charge < -0.3 is 183 Å². The summed E-state index contributed by atoms with van der Waals surface area (Å²) >= 11 is 0. The fourth-order valence-electron chi connectivity index (χ4n) is 10.2. The Morgan fingerprint density at radius 1 is 0.244 bits per heavy atom. The first-order chi connectivity index (χ1) is 38.9. The van der Waals surface area contributed by atoms with Crippen molar-refractivity contribution in [3.8, 4) is 0 Å². The van der Waals surface area contributed by atoms with Crippen molar-refractivity contribution < 1.29 is 183 Å². The molecule has 35 atom stereocenters. The minimum atomic E-state index is -1.99. The Morgan fingerprint density at radius 2 is 0.512 bits per heavy atom. The van der Waals surface area contributed by atoms with Crippen LogP contribution in [0.3, 0.4) is 0 Å². The lowest BCUT2D eigenvalue weighted by Crippen LogP contribution is -2.67. The van der Waals surface area contributed by atoms with Crippen LogP contribution in [0.15, 0.2) is 0 Å². The number of ether oxygens (including phenoxy) is 15. The highest BCUT2D eigenvalue weighted by Crippen LogP contribution is 2.36. The molecule has 37 heteroatoms. The molecule has 7 rings (SSSR count). The zero-order valence-corrected chi connectivity index (χ0v) is 44.1. The SMILES string of the molecule is COC1OC(CO)C(OC2OC(COC3OC(CO)C(OC)C(O)C3O)C(OC3OC(CO)C(OC)C(O)C3O)C(O)C2O)C(O)C1O.OCC1OC(OC2C(CO)OC(OC3C(CO)OC(O)C(O)C3O)C(O)C2O)C(O)C(O)C1O. The number of methoxy groups -OCH3 is 3. The van der Waals surface area contributed by atoms with Crippen molar-refractivity contribution in [2.24, 2.45) is 0 Å². The fraction of sp³-hybridized carbons (Fsp3) is 1.00. The standard InChI is InChI=1S/C27H48O21.C18H32O16/c1-39-20-8(4-28)44-25(17(36)12(20)31)42-7-11-23(48-26-18(37)13(32)21(40-2)9(5-29)45-26)15(34)19(38)27(46-11)47-22-10(6-30)43-24(41-3)16(35)14(22)33;19-1-4-7(22)8(23)12(27)17(31-4)34-15-6(3-21)32-18(13(28)10(15)25)33-14-5(2-20)30-16(29)11(26)9(14)24/h8-38H,4-7H2,1-3H3;4-29H,1-3H2. The van der Waals surface area contributed by atoms with Gasteiger partial charge in [-0.1, -0.05) is 0 Å². The van der Waals surface area contributed by atoms with Crippen LogP contribution in [0.2, 0.25) is 0 Å². The van der Waals surface area contributed by atoms with Crippen LogP contribution in [-0.2, 0) is 71.1 Å². The van der Waals surface area contributed by atoms with Crippen LogP contribution >= 0.6 is 0 Å². The molecule has 0 aliphatic carbocycles. The monoisotopic (exact) mass is 1210 g/mol. The predicted molar refractivity (Wildman–Crippen MR) is 250 cm³/mol. The van der Waals surface area contributed by atoms with Crippen molar-refractivity contribution in [3.05, 3.63) is 0 Å². The van der Waals surface area contributed by atoms with E-state index in [0.29, 0.717) is 0 Å². The van der Waals surface area contributed by atoms with Gasteiger partial charge in [-0.3, -0.25) is 0 Å². The van der Waals surface area contributed by atoms with Crippen molar-refractivity contribution in [1.82, 2.24) is 0 Å². The summed E-state index contributed by atoms with van der Waals surface area (Å²) in [6, 6.07) is 0. The highest BCUT2D eigenvalue weighted by molar-refractivity contribution is 4.99. The molecule has 7 saturated heterocycles. The minimum absolute atomic E-state index is 0.629. The van der Waals surface area contributed by atoms with Gasteiger partial charge in [-0.25, -0.2) is 0 Å². The number of aliphatic hydroxyl groups excluding tert-OH is 22. The molecule has 37 nitrogen and oxygen atoms in total. The topological polar surface area (TPSA) is 584 Å². The van der Waals surface area contributed by atoms with Gasteiger partial charge in [0.15, 0.2) is 44.0 Å². The molecule has 0 amide bonds. The number of rotatable bonds is 20. The molecule has 7 aliphatic heterocycles. The van der Waals surface area contributed by atoms with Gasteiger partial charge in [0, 0.05) is 21.3 Å². The van der Waals surface area contributed by atoms with E-state index in [0.717, 1.165) is 0 Å². The normalized spacial score (nSPS) is 51.3. The van der Waals surface area contributed by atoms with Gasteiger partial charge in [0.05, 0.1) is 46.2 Å². The van der Waals surface area contributed by atoms with Crippen molar-refractivity contribution in [1.29, 1.82) is 0 Å². The van der Waals surface area contributed by atoms with E-state index < -0.39 is 261 Å². The van der Waals surface area contributed by atoms with E-state index in [1.54, 1.807) is 0 Å². The Morgan fingerprint density at radius 3 is 0.890 bits per heavy atom. The zero-order chi connectivity index (χ0) is 60.8. The Bertz CT molecular complexity index is 1840. The minimum Gasteiger partial charge on any atom is -0.394 e. The van der Waals surface area contributed by atoms with Crippen LogP contribution < -0.4 is 0 Å². The second-order valence-corrected chi connectivity index (χ2v) is 20.1. The van der Waals surface area contributed by atoms with Crippen molar-refractivity contribution in [2.75, 3.05) is 67.6 Å². The second kappa shape index (κ2) is 31.1. The maximum Gasteiger partial charge on any atom is 0.187 e. The molecule has 0 aromatic carbocycles. The third kappa shape index (κ3) is 15.0. The molecule has 35 unspecified atom stereocenters. The van der Waals surface area contributed by atoms with Gasteiger partial charge in [-0.05, 0) is 0 Å². The van der Waals surface area contributed by atoms with Crippen molar-refractivity contribution >= 4 is 0 Å². The molecule has 0 aromatic rings. The maximum absolute atomic E-state index is 11.3. The van der Waals surface area contributed by atoms with E-state index in [1.165, 1.54) is 21.3 Å². The first-order valence-corrected chi connectivity index (χ1v) is 25.9. The largest absolute Gasteiger partial charge is 0.394 e. The highest BCUT2D eigenvalue weighted by atomic mass is 16.8. The highest BCUT2D eigenvalue weighted by Gasteiger charge is 2.57. The summed E-state index contributed by atoms with van der Waals surface area (Å²) < 4.78 is 81.2. The van der Waals surface area contributed by atoms with Crippen LogP contribution in [0.25, 0.3) is 0 Å². The van der Waals surface area contributed by atoms with Gasteiger partial charge in [0.25, 0.3) is 0 Å². The number of aliphatic hydroxyl groups is 22. The van der Waals surface area contributed by atoms with E-state index in [-0.39, 0.29) is 0 Å². The third-order valence-corrected chi connectivity index (χ3v) is 15.0. The summed E-state index contributed by atoms with van der Waals surface area (Å²) in [5, 5.41) is 224. The van der Waals surface area contributed by atoms with Crippen molar-refractivity contribution in [2.45, 2.75) is 215 Å². The Hall–Kier alpha value is -1.48. The van der Waals surface area contributed by atoms with Crippen LogP contribution in [0.5, 0.6) is 0 Å². The molecule has 0 saturated carbocycles. The lowest BCUT2D eigenvalue weighted by Gasteiger charge is -2.48. The van der Waals surface area contributed by atoms with E-state index >= 15 is 0 Å².